The van der Waals surface area contributed by atoms with E-state index < -0.39 is 0 Å². The summed E-state index contributed by atoms with van der Waals surface area (Å²) in [5.41, 5.74) is 4.63. The van der Waals surface area contributed by atoms with E-state index in [-0.39, 0.29) is 11.6 Å². The van der Waals surface area contributed by atoms with Gasteiger partial charge in [0.2, 0.25) is 0 Å². The minimum absolute atomic E-state index is 0.142. The number of fused-ring (bicyclic) bond motifs is 5. The molecular formula is C26H29N5OS. The molecule has 0 saturated carbocycles. The quantitative estimate of drug-likeness (QED) is 0.412. The van der Waals surface area contributed by atoms with Gasteiger partial charge in [-0.05, 0) is 44.7 Å². The molecule has 3 aromatic heterocycles. The van der Waals surface area contributed by atoms with Crippen molar-refractivity contribution in [1.82, 2.24) is 15.0 Å². The molecule has 0 spiro atoms. The van der Waals surface area contributed by atoms with E-state index in [2.05, 4.69) is 60.2 Å². The molecule has 6 rings (SSSR count). The van der Waals surface area contributed by atoms with Crippen molar-refractivity contribution in [3.63, 3.8) is 0 Å². The van der Waals surface area contributed by atoms with Crippen molar-refractivity contribution in [3.8, 4) is 0 Å². The highest BCUT2D eigenvalue weighted by Gasteiger charge is 2.33. The molecule has 0 bridgehead atoms. The molecule has 1 aromatic carbocycles. The van der Waals surface area contributed by atoms with E-state index in [0.29, 0.717) is 6.61 Å². The summed E-state index contributed by atoms with van der Waals surface area (Å²) in [5.74, 6) is 1.99. The Morgan fingerprint density at radius 3 is 2.67 bits per heavy atom. The number of thiophene rings is 1. The average molecular weight is 460 g/mol. The van der Waals surface area contributed by atoms with E-state index in [4.69, 9.17) is 14.7 Å². The zero-order valence-electron chi connectivity index (χ0n) is 19.4. The standard InChI is InChI=1S/C26H29N5OS/c1-16(17-9-5-4-6-10-17)29-23-22-21(27-15-28-23)20-18-13-26(2,3)32-14-19(18)24(30-25(20)33-22)31-11-7-8-12-31/h4-6,9-10,15-16H,7-8,11-14H2,1-3H3,(H,27,28,29)/t16-/m0/s1. The molecule has 0 aliphatic carbocycles. The molecule has 2 aliphatic rings. The van der Waals surface area contributed by atoms with Gasteiger partial charge in [-0.1, -0.05) is 30.3 Å². The summed E-state index contributed by atoms with van der Waals surface area (Å²) in [6, 6.07) is 10.6. The predicted octanol–water partition coefficient (Wildman–Crippen LogP) is 5.86. The first-order valence-corrected chi connectivity index (χ1v) is 12.6. The molecule has 1 saturated heterocycles. The lowest BCUT2D eigenvalue weighted by Crippen LogP contribution is -2.33. The number of aromatic nitrogens is 3. The fourth-order valence-corrected chi connectivity index (χ4v) is 6.22. The van der Waals surface area contributed by atoms with Gasteiger partial charge in [-0.25, -0.2) is 15.0 Å². The molecule has 5 heterocycles. The lowest BCUT2D eigenvalue weighted by Gasteiger charge is -2.34. The van der Waals surface area contributed by atoms with Crippen LogP contribution in [-0.4, -0.2) is 33.6 Å². The summed E-state index contributed by atoms with van der Waals surface area (Å²) >= 11 is 1.71. The fraction of sp³-hybridized carbons (Fsp3) is 0.423. The van der Waals surface area contributed by atoms with Gasteiger partial charge >= 0.3 is 0 Å². The van der Waals surface area contributed by atoms with Crippen molar-refractivity contribution in [2.45, 2.75) is 58.3 Å². The Kier molecular flexibility index (Phi) is 4.99. The Morgan fingerprint density at radius 2 is 1.88 bits per heavy atom. The minimum atomic E-state index is -0.201. The van der Waals surface area contributed by atoms with E-state index in [1.165, 1.54) is 34.9 Å². The van der Waals surface area contributed by atoms with Crippen LogP contribution in [0.4, 0.5) is 11.6 Å². The van der Waals surface area contributed by atoms with Crippen molar-refractivity contribution in [2.24, 2.45) is 0 Å². The second-order valence-electron chi connectivity index (χ2n) is 9.77. The Morgan fingerprint density at radius 1 is 1.09 bits per heavy atom. The van der Waals surface area contributed by atoms with Gasteiger partial charge in [0.15, 0.2) is 0 Å². The maximum atomic E-state index is 6.25. The Balaban J connectivity index is 1.52. The Hall–Kier alpha value is -2.77. The average Bonchev–Trinajstić information content (AvgIpc) is 3.47. The molecule has 0 radical (unpaired) electrons. The van der Waals surface area contributed by atoms with Gasteiger partial charge in [-0.3, -0.25) is 0 Å². The molecule has 33 heavy (non-hydrogen) atoms. The number of nitrogens with one attached hydrogen (secondary N) is 1. The molecule has 170 valence electrons. The number of anilines is 2. The van der Waals surface area contributed by atoms with Gasteiger partial charge in [0.05, 0.1) is 22.4 Å². The van der Waals surface area contributed by atoms with Gasteiger partial charge < -0.3 is 15.0 Å². The van der Waals surface area contributed by atoms with Crippen LogP contribution < -0.4 is 10.2 Å². The first-order chi connectivity index (χ1) is 16.0. The van der Waals surface area contributed by atoms with E-state index in [0.717, 1.165) is 46.2 Å². The summed E-state index contributed by atoms with van der Waals surface area (Å²) in [5, 5.41) is 4.81. The van der Waals surface area contributed by atoms with Crippen LogP contribution in [0, 0.1) is 0 Å². The topological polar surface area (TPSA) is 63.2 Å². The van der Waals surface area contributed by atoms with Crippen LogP contribution in [-0.2, 0) is 17.8 Å². The first kappa shape index (κ1) is 20.8. The smallest absolute Gasteiger partial charge is 0.148 e. The maximum absolute atomic E-state index is 6.25. The highest BCUT2D eigenvalue weighted by molar-refractivity contribution is 7.26. The van der Waals surface area contributed by atoms with E-state index >= 15 is 0 Å². The number of hydrogen-bond acceptors (Lipinski definition) is 7. The molecular weight excluding hydrogens is 430 g/mol. The van der Waals surface area contributed by atoms with Gasteiger partial charge in [-0.15, -0.1) is 11.3 Å². The van der Waals surface area contributed by atoms with Gasteiger partial charge in [0.25, 0.3) is 0 Å². The van der Waals surface area contributed by atoms with E-state index in [9.17, 15) is 0 Å². The largest absolute Gasteiger partial charge is 0.370 e. The maximum Gasteiger partial charge on any atom is 0.148 e. The van der Waals surface area contributed by atoms with Crippen molar-refractivity contribution in [1.29, 1.82) is 0 Å². The monoisotopic (exact) mass is 459 g/mol. The molecule has 1 N–H and O–H groups in total. The molecule has 6 nitrogen and oxygen atoms in total. The number of hydrogen-bond donors (Lipinski definition) is 1. The number of benzene rings is 1. The Labute approximate surface area is 198 Å². The molecule has 7 heteroatoms. The summed E-state index contributed by atoms with van der Waals surface area (Å²) in [4.78, 5) is 18.1. The van der Waals surface area contributed by atoms with Crippen LogP contribution in [0.1, 0.15) is 56.3 Å². The fourth-order valence-electron chi connectivity index (χ4n) is 5.11. The second-order valence-corrected chi connectivity index (χ2v) is 10.8. The van der Waals surface area contributed by atoms with Crippen molar-refractivity contribution in [2.75, 3.05) is 23.3 Å². The number of ether oxygens (including phenoxy) is 1. The van der Waals surface area contributed by atoms with Crippen LogP contribution in [0.25, 0.3) is 20.4 Å². The molecule has 0 amide bonds. The third-order valence-electron chi connectivity index (χ3n) is 6.86. The molecule has 1 atom stereocenters. The second kappa shape index (κ2) is 7.92. The zero-order valence-corrected chi connectivity index (χ0v) is 20.2. The van der Waals surface area contributed by atoms with E-state index in [1.54, 1.807) is 17.7 Å². The number of rotatable bonds is 4. The molecule has 1 fully saturated rings. The molecule has 0 unspecified atom stereocenters. The minimum Gasteiger partial charge on any atom is -0.370 e. The third-order valence-corrected chi connectivity index (χ3v) is 7.94. The van der Waals surface area contributed by atoms with Crippen LogP contribution >= 0.6 is 11.3 Å². The summed E-state index contributed by atoms with van der Waals surface area (Å²) in [6.07, 6.45) is 5.00. The number of pyridine rings is 1. The lowest BCUT2D eigenvalue weighted by atomic mass is 9.90. The summed E-state index contributed by atoms with van der Waals surface area (Å²) in [7, 11) is 0. The van der Waals surface area contributed by atoms with Gasteiger partial charge in [-0.2, -0.15) is 0 Å². The lowest BCUT2D eigenvalue weighted by molar-refractivity contribution is -0.0395. The molecule has 2 aliphatic heterocycles. The first-order valence-electron chi connectivity index (χ1n) is 11.8. The molecule has 4 aromatic rings. The van der Waals surface area contributed by atoms with Crippen molar-refractivity contribution >= 4 is 43.4 Å². The van der Waals surface area contributed by atoms with E-state index in [1.807, 2.05) is 6.07 Å². The Bertz CT molecular complexity index is 1330. The van der Waals surface area contributed by atoms with Gasteiger partial charge in [0, 0.05) is 36.5 Å². The van der Waals surface area contributed by atoms with Crippen LogP contribution in [0.5, 0.6) is 0 Å². The zero-order chi connectivity index (χ0) is 22.6. The van der Waals surface area contributed by atoms with Crippen LogP contribution in [0.3, 0.4) is 0 Å². The highest BCUT2D eigenvalue weighted by Crippen LogP contribution is 2.44. The van der Waals surface area contributed by atoms with Crippen LogP contribution in [0.2, 0.25) is 0 Å². The number of nitrogens with zero attached hydrogens (tertiary/aromatic N) is 4. The van der Waals surface area contributed by atoms with Gasteiger partial charge in [0.1, 0.15) is 22.8 Å². The summed E-state index contributed by atoms with van der Waals surface area (Å²) < 4.78 is 7.32. The SMILES string of the molecule is C[C@H](Nc1ncnc2c1sc1nc(N3CCCC3)c3c(c12)CC(C)(C)OC3)c1ccccc1. The normalized spacial score (nSPS) is 18.6. The third kappa shape index (κ3) is 3.63. The van der Waals surface area contributed by atoms with Crippen molar-refractivity contribution < 1.29 is 4.74 Å². The highest BCUT2D eigenvalue weighted by atomic mass is 32.1. The van der Waals surface area contributed by atoms with Crippen molar-refractivity contribution in [3.05, 3.63) is 53.3 Å². The summed E-state index contributed by atoms with van der Waals surface area (Å²) in [6.45, 7) is 9.27. The predicted molar refractivity (Wildman–Crippen MR) is 135 cm³/mol. The van der Waals surface area contributed by atoms with Crippen LogP contribution in [0.15, 0.2) is 36.7 Å².